The molecule has 1 aliphatic heterocycles. The molecule has 0 atom stereocenters. The molecule has 0 unspecified atom stereocenters. The quantitative estimate of drug-likeness (QED) is 0.782. The molecule has 3 rings (SSSR count). The molecule has 0 N–H and O–H groups in total. The van der Waals surface area contributed by atoms with Crippen molar-refractivity contribution < 1.29 is 9.53 Å². The van der Waals surface area contributed by atoms with Crippen molar-refractivity contribution >= 4 is 11.5 Å². The molecule has 0 spiro atoms. The Balaban J connectivity index is 1.66. The smallest absolute Gasteiger partial charge is 0.193 e. The van der Waals surface area contributed by atoms with E-state index in [4.69, 9.17) is 4.74 Å². The van der Waals surface area contributed by atoms with Crippen molar-refractivity contribution in [3.8, 4) is 5.75 Å². The molecular formula is C21H26N2O2. The van der Waals surface area contributed by atoms with Gasteiger partial charge >= 0.3 is 0 Å². The first kappa shape index (κ1) is 17.5. The van der Waals surface area contributed by atoms with Crippen molar-refractivity contribution in [2.45, 2.75) is 19.9 Å². The molecular weight excluding hydrogens is 312 g/mol. The van der Waals surface area contributed by atoms with Crippen molar-refractivity contribution in [3.05, 3.63) is 59.7 Å². The number of carbonyl (C=O) groups is 1. The molecule has 4 nitrogen and oxygen atoms in total. The first-order chi connectivity index (χ1) is 12.1. The summed E-state index contributed by atoms with van der Waals surface area (Å²) >= 11 is 0. The van der Waals surface area contributed by atoms with E-state index >= 15 is 0 Å². The van der Waals surface area contributed by atoms with E-state index in [1.54, 1.807) is 19.2 Å². The van der Waals surface area contributed by atoms with E-state index < -0.39 is 0 Å². The van der Waals surface area contributed by atoms with Gasteiger partial charge in [-0.1, -0.05) is 0 Å². The van der Waals surface area contributed by atoms with Crippen molar-refractivity contribution in [1.29, 1.82) is 0 Å². The minimum Gasteiger partial charge on any atom is -0.497 e. The second kappa shape index (κ2) is 7.70. The van der Waals surface area contributed by atoms with E-state index in [2.05, 4.69) is 35.8 Å². The van der Waals surface area contributed by atoms with Gasteiger partial charge in [0.25, 0.3) is 0 Å². The second-order valence-electron chi connectivity index (χ2n) is 6.72. The van der Waals surface area contributed by atoms with E-state index in [0.717, 1.165) is 37.5 Å². The lowest BCUT2D eigenvalue weighted by molar-refractivity contribution is 0.103. The predicted octanol–water partition coefficient (Wildman–Crippen LogP) is 3.46. The van der Waals surface area contributed by atoms with Gasteiger partial charge < -0.3 is 9.64 Å². The number of hydrogen-bond donors (Lipinski definition) is 0. The number of carbonyl (C=O) groups excluding carboxylic acids is 1. The zero-order valence-electron chi connectivity index (χ0n) is 15.2. The third kappa shape index (κ3) is 4.02. The predicted molar refractivity (Wildman–Crippen MR) is 102 cm³/mol. The molecule has 1 saturated heterocycles. The van der Waals surface area contributed by atoms with Crippen LogP contribution >= 0.6 is 0 Å². The molecule has 1 aliphatic rings. The van der Waals surface area contributed by atoms with Gasteiger partial charge in [-0.2, -0.15) is 0 Å². The Morgan fingerprint density at radius 2 is 1.40 bits per heavy atom. The van der Waals surface area contributed by atoms with Crippen LogP contribution in [0.2, 0.25) is 0 Å². The van der Waals surface area contributed by atoms with Gasteiger partial charge in [-0.3, -0.25) is 9.69 Å². The lowest BCUT2D eigenvalue weighted by Crippen LogP contribution is -2.48. The van der Waals surface area contributed by atoms with Gasteiger partial charge in [0.1, 0.15) is 5.75 Å². The fourth-order valence-corrected chi connectivity index (χ4v) is 3.23. The van der Waals surface area contributed by atoms with Crippen LogP contribution in [0.5, 0.6) is 5.75 Å². The van der Waals surface area contributed by atoms with Crippen LogP contribution in [0, 0.1) is 0 Å². The highest BCUT2D eigenvalue weighted by molar-refractivity contribution is 6.09. The lowest BCUT2D eigenvalue weighted by Gasteiger charge is -2.38. The van der Waals surface area contributed by atoms with Crippen LogP contribution in [0.3, 0.4) is 0 Å². The van der Waals surface area contributed by atoms with Gasteiger partial charge in [-0.05, 0) is 62.4 Å². The molecule has 2 aromatic carbocycles. The monoisotopic (exact) mass is 338 g/mol. The Kier molecular flexibility index (Phi) is 5.39. The molecule has 0 amide bonds. The van der Waals surface area contributed by atoms with Crippen molar-refractivity contribution in [2.75, 3.05) is 38.2 Å². The normalized spacial score (nSPS) is 15.4. The van der Waals surface area contributed by atoms with Gasteiger partial charge in [-0.15, -0.1) is 0 Å². The van der Waals surface area contributed by atoms with Crippen LogP contribution in [0.4, 0.5) is 5.69 Å². The number of benzene rings is 2. The first-order valence-electron chi connectivity index (χ1n) is 8.86. The van der Waals surface area contributed by atoms with Crippen LogP contribution < -0.4 is 9.64 Å². The third-order valence-electron chi connectivity index (χ3n) is 4.89. The summed E-state index contributed by atoms with van der Waals surface area (Å²) in [7, 11) is 1.62. The van der Waals surface area contributed by atoms with Crippen LogP contribution in [-0.2, 0) is 0 Å². The molecule has 0 saturated carbocycles. The highest BCUT2D eigenvalue weighted by Gasteiger charge is 2.19. The molecule has 4 heteroatoms. The molecule has 1 heterocycles. The number of piperazine rings is 1. The molecule has 25 heavy (non-hydrogen) atoms. The van der Waals surface area contributed by atoms with Gasteiger partial charge in [0, 0.05) is 49.0 Å². The van der Waals surface area contributed by atoms with E-state index in [0.29, 0.717) is 11.6 Å². The maximum atomic E-state index is 12.6. The third-order valence-corrected chi connectivity index (χ3v) is 4.89. The largest absolute Gasteiger partial charge is 0.497 e. The van der Waals surface area contributed by atoms with Gasteiger partial charge in [-0.25, -0.2) is 0 Å². The number of nitrogens with zero attached hydrogens (tertiary/aromatic N) is 2. The van der Waals surface area contributed by atoms with E-state index in [1.807, 2.05) is 24.3 Å². The minimum absolute atomic E-state index is 0.0406. The summed E-state index contributed by atoms with van der Waals surface area (Å²) in [6.07, 6.45) is 0. The number of rotatable bonds is 5. The fourth-order valence-electron chi connectivity index (χ4n) is 3.23. The molecule has 2 aromatic rings. The molecule has 132 valence electrons. The topological polar surface area (TPSA) is 32.8 Å². The molecule has 0 aromatic heterocycles. The second-order valence-corrected chi connectivity index (χ2v) is 6.72. The van der Waals surface area contributed by atoms with Crippen LogP contribution in [0.15, 0.2) is 48.5 Å². The Hall–Kier alpha value is -2.33. The Morgan fingerprint density at radius 1 is 0.880 bits per heavy atom. The number of anilines is 1. The summed E-state index contributed by atoms with van der Waals surface area (Å²) in [6, 6.07) is 15.8. The van der Waals surface area contributed by atoms with Crippen LogP contribution in [-0.4, -0.2) is 50.0 Å². The SMILES string of the molecule is COc1ccc(C(=O)c2ccc(N3CCN(C(C)C)CC3)cc2)cc1. The first-order valence-corrected chi connectivity index (χ1v) is 8.86. The highest BCUT2D eigenvalue weighted by Crippen LogP contribution is 2.20. The number of hydrogen-bond acceptors (Lipinski definition) is 4. The molecule has 1 fully saturated rings. The summed E-state index contributed by atoms with van der Waals surface area (Å²) in [5.41, 5.74) is 2.59. The van der Waals surface area contributed by atoms with Gasteiger partial charge in [0.2, 0.25) is 0 Å². The average molecular weight is 338 g/mol. The van der Waals surface area contributed by atoms with Crippen LogP contribution in [0.1, 0.15) is 29.8 Å². The Bertz CT molecular complexity index is 700. The van der Waals surface area contributed by atoms with Gasteiger partial charge in [0.15, 0.2) is 5.78 Å². The van der Waals surface area contributed by atoms with E-state index in [-0.39, 0.29) is 5.78 Å². The van der Waals surface area contributed by atoms with E-state index in [9.17, 15) is 4.79 Å². The number of ether oxygens (including phenoxy) is 1. The number of methoxy groups -OCH3 is 1. The maximum absolute atomic E-state index is 12.6. The van der Waals surface area contributed by atoms with E-state index in [1.165, 1.54) is 5.69 Å². The molecule has 0 radical (unpaired) electrons. The number of ketones is 1. The minimum atomic E-state index is 0.0406. The Labute approximate surface area is 150 Å². The Morgan fingerprint density at radius 3 is 1.88 bits per heavy atom. The summed E-state index contributed by atoms with van der Waals surface area (Å²) in [6.45, 7) is 8.73. The van der Waals surface area contributed by atoms with Crippen molar-refractivity contribution in [2.24, 2.45) is 0 Å². The van der Waals surface area contributed by atoms with Gasteiger partial charge in [0.05, 0.1) is 7.11 Å². The fraction of sp³-hybridized carbons (Fsp3) is 0.381. The summed E-state index contributed by atoms with van der Waals surface area (Å²) in [5.74, 6) is 0.797. The lowest BCUT2D eigenvalue weighted by atomic mass is 10.0. The zero-order chi connectivity index (χ0) is 17.8. The summed E-state index contributed by atoms with van der Waals surface area (Å²) in [4.78, 5) is 17.5. The molecule has 0 aliphatic carbocycles. The summed E-state index contributed by atoms with van der Waals surface area (Å²) in [5, 5.41) is 0. The molecule has 0 bridgehead atoms. The van der Waals surface area contributed by atoms with Crippen molar-refractivity contribution in [1.82, 2.24) is 4.90 Å². The standard InChI is InChI=1S/C21H26N2O2/c1-16(2)22-12-14-23(15-13-22)19-8-4-17(5-9-19)21(24)18-6-10-20(25-3)11-7-18/h4-11,16H,12-15H2,1-3H3. The highest BCUT2D eigenvalue weighted by atomic mass is 16.5. The van der Waals surface area contributed by atoms with Crippen molar-refractivity contribution in [3.63, 3.8) is 0 Å². The van der Waals surface area contributed by atoms with Crippen LogP contribution in [0.25, 0.3) is 0 Å². The maximum Gasteiger partial charge on any atom is 0.193 e. The zero-order valence-corrected chi connectivity index (χ0v) is 15.2. The summed E-state index contributed by atoms with van der Waals surface area (Å²) < 4.78 is 5.14. The average Bonchev–Trinajstić information content (AvgIpc) is 2.67.